The molecule has 10 heteroatoms. The number of fused-ring (bicyclic) bond motifs is 1. The standard InChI is InChI=1S/C12H8F3N5O2/c13-5-12(14,15)22-11-18-7(6-2-1-3-16-4-6)8-9(20-11)19-10(21)17-8/h1-4H,5H2,(H2,17,18,19,20,21). The van der Waals surface area contributed by atoms with Crippen LogP contribution in [0.5, 0.6) is 6.01 Å². The fourth-order valence-electron chi connectivity index (χ4n) is 1.82. The third-order valence-electron chi connectivity index (χ3n) is 2.69. The molecule has 0 aliphatic carbocycles. The second kappa shape index (κ2) is 5.13. The lowest BCUT2D eigenvalue weighted by Crippen LogP contribution is -2.28. The van der Waals surface area contributed by atoms with Crippen LogP contribution < -0.4 is 10.4 Å². The number of pyridine rings is 1. The first-order valence-electron chi connectivity index (χ1n) is 6.02. The van der Waals surface area contributed by atoms with Crippen molar-refractivity contribution >= 4 is 11.2 Å². The minimum absolute atomic E-state index is 0.0384. The number of aromatic nitrogens is 5. The van der Waals surface area contributed by atoms with Crippen molar-refractivity contribution in [2.24, 2.45) is 0 Å². The van der Waals surface area contributed by atoms with Gasteiger partial charge in [-0.1, -0.05) is 0 Å². The van der Waals surface area contributed by atoms with E-state index in [1.807, 2.05) is 0 Å². The molecule has 3 aromatic heterocycles. The Bertz CT molecular complexity index is 862. The molecule has 0 spiro atoms. The topological polar surface area (TPSA) is 96.6 Å². The van der Waals surface area contributed by atoms with Crippen LogP contribution in [0.25, 0.3) is 22.4 Å². The van der Waals surface area contributed by atoms with E-state index < -0.39 is 24.5 Å². The van der Waals surface area contributed by atoms with Crippen LogP contribution >= 0.6 is 0 Å². The highest BCUT2D eigenvalue weighted by Gasteiger charge is 2.33. The molecule has 3 rings (SSSR count). The van der Waals surface area contributed by atoms with Crippen molar-refractivity contribution in [1.29, 1.82) is 0 Å². The van der Waals surface area contributed by atoms with Crippen molar-refractivity contribution in [1.82, 2.24) is 24.9 Å². The summed E-state index contributed by atoms with van der Waals surface area (Å²) in [6.07, 6.45) is -1.13. The third kappa shape index (κ3) is 2.62. The predicted octanol–water partition coefficient (Wildman–Crippen LogP) is 1.65. The fraction of sp³-hybridized carbons (Fsp3) is 0.167. The Balaban J connectivity index is 2.19. The molecule has 0 aromatic carbocycles. The molecule has 7 nitrogen and oxygen atoms in total. The van der Waals surface area contributed by atoms with Gasteiger partial charge in [-0.2, -0.15) is 18.7 Å². The Morgan fingerprint density at radius 2 is 2.09 bits per heavy atom. The molecule has 2 N–H and O–H groups in total. The molecule has 0 amide bonds. The first-order chi connectivity index (χ1) is 10.5. The SMILES string of the molecule is O=c1[nH]c2nc(OC(F)(F)CF)nc(-c3cccnc3)c2[nH]1. The zero-order valence-electron chi connectivity index (χ0n) is 10.8. The number of imidazole rings is 1. The van der Waals surface area contributed by atoms with Crippen molar-refractivity contribution < 1.29 is 17.9 Å². The Morgan fingerprint density at radius 3 is 2.77 bits per heavy atom. The minimum atomic E-state index is -4.06. The van der Waals surface area contributed by atoms with Crippen molar-refractivity contribution in [2.45, 2.75) is 6.11 Å². The number of halogens is 3. The highest BCUT2D eigenvalue weighted by Crippen LogP contribution is 2.26. The first kappa shape index (κ1) is 14.0. The van der Waals surface area contributed by atoms with E-state index in [0.29, 0.717) is 5.56 Å². The summed E-state index contributed by atoms with van der Waals surface area (Å²) in [6.45, 7) is -2.03. The van der Waals surface area contributed by atoms with Crippen LogP contribution in [0.15, 0.2) is 29.3 Å². The maximum Gasteiger partial charge on any atom is 0.429 e. The molecule has 0 fully saturated rings. The molecule has 0 unspecified atom stereocenters. The van der Waals surface area contributed by atoms with Gasteiger partial charge >= 0.3 is 17.8 Å². The molecule has 114 valence electrons. The van der Waals surface area contributed by atoms with E-state index in [1.165, 1.54) is 12.4 Å². The molecule has 0 atom stereocenters. The van der Waals surface area contributed by atoms with Gasteiger partial charge in [-0.15, -0.1) is 0 Å². The number of hydrogen-bond donors (Lipinski definition) is 2. The highest BCUT2D eigenvalue weighted by atomic mass is 19.3. The van der Waals surface area contributed by atoms with Crippen LogP contribution in [0.1, 0.15) is 0 Å². The average molecular weight is 311 g/mol. The lowest BCUT2D eigenvalue weighted by Gasteiger charge is -2.13. The van der Waals surface area contributed by atoms with Crippen molar-refractivity contribution in [3.63, 3.8) is 0 Å². The summed E-state index contributed by atoms with van der Waals surface area (Å²) in [5.74, 6) is 0. The Hall–Kier alpha value is -2.91. The summed E-state index contributed by atoms with van der Waals surface area (Å²) in [5.41, 5.74) is 0.140. The molecule has 22 heavy (non-hydrogen) atoms. The largest absolute Gasteiger partial charge is 0.429 e. The van der Waals surface area contributed by atoms with Gasteiger partial charge < -0.3 is 9.72 Å². The molecule has 0 radical (unpaired) electrons. The highest BCUT2D eigenvalue weighted by molar-refractivity contribution is 5.86. The molecule has 0 saturated heterocycles. The van der Waals surface area contributed by atoms with Gasteiger partial charge in [0.15, 0.2) is 12.3 Å². The molecule has 0 aliphatic rings. The van der Waals surface area contributed by atoms with Gasteiger partial charge in [0.25, 0.3) is 0 Å². The van der Waals surface area contributed by atoms with Crippen molar-refractivity contribution in [3.8, 4) is 17.3 Å². The van der Waals surface area contributed by atoms with Gasteiger partial charge in [0.1, 0.15) is 11.2 Å². The summed E-state index contributed by atoms with van der Waals surface area (Å²) >= 11 is 0. The van der Waals surface area contributed by atoms with Gasteiger partial charge in [0, 0.05) is 18.0 Å². The number of aromatic amines is 2. The van der Waals surface area contributed by atoms with E-state index in [-0.39, 0.29) is 16.9 Å². The summed E-state index contributed by atoms with van der Waals surface area (Å²) in [4.78, 5) is 27.5. The zero-order chi connectivity index (χ0) is 15.7. The second-order valence-electron chi connectivity index (χ2n) is 4.27. The second-order valence-corrected chi connectivity index (χ2v) is 4.27. The normalized spacial score (nSPS) is 11.8. The summed E-state index contributed by atoms with van der Waals surface area (Å²) in [6, 6.07) is 2.45. The van der Waals surface area contributed by atoms with E-state index >= 15 is 0 Å². The zero-order valence-corrected chi connectivity index (χ0v) is 10.8. The fourth-order valence-corrected chi connectivity index (χ4v) is 1.82. The predicted molar refractivity (Wildman–Crippen MR) is 69.3 cm³/mol. The monoisotopic (exact) mass is 311 g/mol. The number of ether oxygens (including phenoxy) is 1. The van der Waals surface area contributed by atoms with E-state index in [2.05, 4.69) is 29.7 Å². The van der Waals surface area contributed by atoms with Crippen LogP contribution in [-0.4, -0.2) is 37.7 Å². The molecule has 0 aliphatic heterocycles. The minimum Gasteiger partial charge on any atom is -0.396 e. The lowest BCUT2D eigenvalue weighted by molar-refractivity contribution is -0.190. The van der Waals surface area contributed by atoms with Crippen LogP contribution in [0.3, 0.4) is 0 Å². The average Bonchev–Trinajstić information content (AvgIpc) is 2.87. The molecule has 0 bridgehead atoms. The van der Waals surface area contributed by atoms with Crippen LogP contribution in [-0.2, 0) is 0 Å². The molecule has 0 saturated carbocycles. The van der Waals surface area contributed by atoms with Crippen LogP contribution in [0, 0.1) is 0 Å². The third-order valence-corrected chi connectivity index (χ3v) is 2.69. The van der Waals surface area contributed by atoms with Gasteiger partial charge in [-0.25, -0.2) is 9.18 Å². The quantitative estimate of drug-likeness (QED) is 0.763. The van der Waals surface area contributed by atoms with Crippen molar-refractivity contribution in [3.05, 3.63) is 35.0 Å². The van der Waals surface area contributed by atoms with Crippen LogP contribution in [0.4, 0.5) is 13.2 Å². The van der Waals surface area contributed by atoms with E-state index in [1.54, 1.807) is 12.1 Å². The Labute approximate surface area is 120 Å². The number of rotatable bonds is 4. The summed E-state index contributed by atoms with van der Waals surface area (Å²) < 4.78 is 42.4. The first-order valence-corrected chi connectivity index (χ1v) is 6.02. The number of alkyl halides is 3. The van der Waals surface area contributed by atoms with Crippen molar-refractivity contribution in [2.75, 3.05) is 6.67 Å². The van der Waals surface area contributed by atoms with E-state index in [4.69, 9.17) is 0 Å². The number of hydrogen-bond acceptors (Lipinski definition) is 5. The lowest BCUT2D eigenvalue weighted by atomic mass is 10.2. The molecular formula is C12H8F3N5O2. The van der Waals surface area contributed by atoms with Gasteiger partial charge in [-0.3, -0.25) is 9.97 Å². The van der Waals surface area contributed by atoms with E-state index in [9.17, 15) is 18.0 Å². The number of nitrogens with one attached hydrogen (secondary N) is 2. The van der Waals surface area contributed by atoms with Gasteiger partial charge in [0.05, 0.1) is 0 Å². The number of nitrogens with zero attached hydrogens (tertiary/aromatic N) is 3. The van der Waals surface area contributed by atoms with E-state index in [0.717, 1.165) is 0 Å². The molecule has 3 heterocycles. The van der Waals surface area contributed by atoms with Gasteiger partial charge in [0.2, 0.25) is 0 Å². The van der Waals surface area contributed by atoms with Crippen LogP contribution in [0.2, 0.25) is 0 Å². The Morgan fingerprint density at radius 1 is 1.27 bits per heavy atom. The summed E-state index contributed by atoms with van der Waals surface area (Å²) in [7, 11) is 0. The summed E-state index contributed by atoms with van der Waals surface area (Å²) in [5, 5.41) is 0. The molecular weight excluding hydrogens is 303 g/mol. The smallest absolute Gasteiger partial charge is 0.396 e. The number of H-pyrrole nitrogens is 2. The maximum atomic E-state index is 13.0. The Kier molecular flexibility index (Phi) is 3.28. The van der Waals surface area contributed by atoms with Gasteiger partial charge in [-0.05, 0) is 12.1 Å². The maximum absolute atomic E-state index is 13.0. The molecule has 3 aromatic rings.